The monoisotopic (exact) mass is 1500 g/mol. The molecule has 8 aromatic heterocycles. The normalized spacial score (nSPS) is 13.1. The number of pyridine rings is 4. The summed E-state index contributed by atoms with van der Waals surface area (Å²) < 4.78 is 6.26. The van der Waals surface area contributed by atoms with Gasteiger partial charge in [-0.2, -0.15) is 0 Å². The van der Waals surface area contributed by atoms with Gasteiger partial charge < -0.3 is 20.2 Å². The fourth-order valence-electron chi connectivity index (χ4n) is 19.6. The lowest BCUT2D eigenvalue weighted by Crippen LogP contribution is -2.37. The van der Waals surface area contributed by atoms with Gasteiger partial charge in [-0.3, -0.25) is 47.0 Å². The Labute approximate surface area is 652 Å². The molecule has 584 valence electrons. The molecule has 8 heterocycles. The van der Waals surface area contributed by atoms with Crippen molar-refractivity contribution in [3.8, 4) is 11.8 Å². The maximum Gasteiger partial charge on any atom is 0.263 e. The lowest BCUT2D eigenvalue weighted by molar-refractivity contribution is 0.334. The van der Waals surface area contributed by atoms with Gasteiger partial charge in [0, 0.05) is 101 Å². The molecule has 0 fully saturated rings. The molecular formula is C96H112N8O8. The third-order valence-corrected chi connectivity index (χ3v) is 25.5. The topological polar surface area (TPSA) is 220 Å². The molecule has 2 atom stereocenters. The van der Waals surface area contributed by atoms with Gasteiger partial charge in [0.1, 0.15) is 0 Å². The first-order chi connectivity index (χ1) is 54.7. The average Bonchev–Trinajstić information content (AvgIpc) is 1.30. The first kappa shape index (κ1) is 77.4. The number of aromatic amines is 2. The van der Waals surface area contributed by atoms with Crippen molar-refractivity contribution in [3.05, 3.63) is 159 Å². The molecule has 0 aliphatic carbocycles. The van der Waals surface area contributed by atoms with Crippen LogP contribution in [-0.2, 0) is 13.1 Å². The molecular weight excluding hydrogens is 1390 g/mol. The summed E-state index contributed by atoms with van der Waals surface area (Å²) in [6.07, 6.45) is 30.1. The number of para-hydroxylation sites is 4. The second-order valence-electron chi connectivity index (χ2n) is 32.7. The summed E-state index contributed by atoms with van der Waals surface area (Å²) in [7, 11) is 0. The lowest BCUT2D eigenvalue weighted by atomic mass is 9.89. The van der Waals surface area contributed by atoms with Gasteiger partial charge in [0.15, 0.2) is 0 Å². The maximum atomic E-state index is 15.6. The Morgan fingerprint density at radius 2 is 0.625 bits per heavy atom. The summed E-state index contributed by atoms with van der Waals surface area (Å²) >= 11 is 0. The minimum absolute atomic E-state index is 0.111. The van der Waals surface area contributed by atoms with Crippen molar-refractivity contribution in [2.24, 2.45) is 11.8 Å². The summed E-state index contributed by atoms with van der Waals surface area (Å²) in [5, 5.41) is 36.3. The highest BCUT2D eigenvalue weighted by Gasteiger charge is 2.36. The fourth-order valence-corrected chi connectivity index (χ4v) is 19.6. The Kier molecular flexibility index (Phi) is 23.1. The van der Waals surface area contributed by atoms with Crippen molar-refractivity contribution in [2.45, 2.75) is 273 Å². The molecule has 112 heavy (non-hydrogen) atoms. The third kappa shape index (κ3) is 13.3. The van der Waals surface area contributed by atoms with Crippen LogP contribution < -0.4 is 33.4 Å². The van der Waals surface area contributed by atoms with E-state index >= 15 is 24.0 Å². The Bertz CT molecular complexity index is 6490. The highest BCUT2D eigenvalue weighted by molar-refractivity contribution is 6.46. The second-order valence-corrected chi connectivity index (χ2v) is 32.7. The van der Waals surface area contributed by atoms with E-state index in [9.17, 15) is 15.0 Å². The van der Waals surface area contributed by atoms with Crippen molar-refractivity contribution in [1.82, 2.24) is 38.2 Å². The summed E-state index contributed by atoms with van der Waals surface area (Å²) in [6.45, 7) is 18.1. The average molecular weight is 1510 g/mol. The van der Waals surface area contributed by atoms with Gasteiger partial charge >= 0.3 is 0 Å². The zero-order valence-corrected chi connectivity index (χ0v) is 67.2. The number of aromatic nitrogens is 8. The molecule has 4 N–H and O–H groups in total. The highest BCUT2D eigenvalue weighted by Crippen LogP contribution is 2.51. The van der Waals surface area contributed by atoms with E-state index in [1.54, 1.807) is 13.7 Å². The number of aromatic hydroxyl groups is 2. The predicted octanol–water partition coefficient (Wildman–Crippen LogP) is 23.7. The predicted molar refractivity (Wildman–Crippen MR) is 469 cm³/mol. The Balaban J connectivity index is 0.000000179. The molecule has 0 spiro atoms. The lowest BCUT2D eigenvalue weighted by Gasteiger charge is -2.25. The van der Waals surface area contributed by atoms with E-state index in [1.165, 1.54) is 4.57 Å². The van der Waals surface area contributed by atoms with Crippen LogP contribution in [0.3, 0.4) is 0 Å². The van der Waals surface area contributed by atoms with E-state index in [-0.39, 0.29) is 69.0 Å². The van der Waals surface area contributed by atoms with E-state index in [0.29, 0.717) is 132 Å². The van der Waals surface area contributed by atoms with Gasteiger partial charge in [0.2, 0.25) is 11.8 Å². The number of fused-ring (bicyclic) bond motifs is 20. The molecule has 0 aliphatic heterocycles. The van der Waals surface area contributed by atoms with Gasteiger partial charge in [0.25, 0.3) is 33.4 Å². The summed E-state index contributed by atoms with van der Waals surface area (Å²) in [5.74, 6) is 0.0853. The SMILES string of the molecule is CCCCCC(CC)Cn1c(O)c2c3nc4ccccc4c3c3c(=O)n(CC(CC)CCCCC)c(=O)c4c5[nH]c6ccccc6c5c(c1=O)c2c43.CCCCCCC(CCCCCC)n1c(O)c2c3nc4ccccc4c3c3c(=O)n(C(CCCCCC)CCCCCC)c(=O)c4c5[nH]c6ccccc6c5c(c1=O)c2c43. The van der Waals surface area contributed by atoms with Crippen LogP contribution in [0, 0.1) is 11.8 Å². The van der Waals surface area contributed by atoms with Crippen molar-refractivity contribution in [2.75, 3.05) is 0 Å². The molecule has 0 aliphatic rings. The molecule has 0 bridgehead atoms. The van der Waals surface area contributed by atoms with Gasteiger partial charge in [0.05, 0.1) is 76.2 Å². The first-order valence-electron chi connectivity index (χ1n) is 43.1. The van der Waals surface area contributed by atoms with E-state index in [1.807, 2.05) is 97.1 Å². The van der Waals surface area contributed by atoms with Crippen LogP contribution in [0.4, 0.5) is 0 Å². The van der Waals surface area contributed by atoms with Crippen LogP contribution in [-0.4, -0.2) is 48.4 Å². The van der Waals surface area contributed by atoms with Crippen LogP contribution in [0.15, 0.2) is 126 Å². The summed E-state index contributed by atoms with van der Waals surface area (Å²) in [4.78, 5) is 109. The number of H-pyrrole nitrogens is 2. The minimum atomic E-state index is -0.362. The quantitative estimate of drug-likeness (QED) is 0.0215. The van der Waals surface area contributed by atoms with Crippen LogP contribution in [0.5, 0.6) is 11.8 Å². The first-order valence-corrected chi connectivity index (χ1v) is 43.1. The number of hydrogen-bond acceptors (Lipinski definition) is 10. The fraction of sp³-hybridized carbons (Fsp3) is 0.458. The minimum Gasteiger partial charge on any atom is -0.494 e. The molecule has 0 radical (unpaired) electrons. The molecule has 0 saturated carbocycles. The van der Waals surface area contributed by atoms with Gasteiger partial charge in [-0.15, -0.1) is 0 Å². The number of benzene rings is 8. The number of unbranched alkanes of at least 4 members (excludes halogenated alkanes) is 16. The summed E-state index contributed by atoms with van der Waals surface area (Å²) in [5.41, 5.74) is 3.24. The highest BCUT2D eigenvalue weighted by atomic mass is 16.3. The molecule has 0 saturated heterocycles. The number of nitrogens with zero attached hydrogens (tertiary/aromatic N) is 6. The van der Waals surface area contributed by atoms with Crippen molar-refractivity contribution >= 4 is 152 Å². The van der Waals surface area contributed by atoms with E-state index < -0.39 is 0 Å². The molecule has 0 amide bonds. The molecule has 16 rings (SSSR count). The van der Waals surface area contributed by atoms with Crippen molar-refractivity contribution in [3.63, 3.8) is 0 Å². The number of nitrogens with one attached hydrogen (secondary N) is 2. The van der Waals surface area contributed by atoms with Crippen molar-refractivity contribution < 1.29 is 10.2 Å². The van der Waals surface area contributed by atoms with Crippen LogP contribution >= 0.6 is 0 Å². The van der Waals surface area contributed by atoms with E-state index in [2.05, 4.69) is 65.4 Å². The Morgan fingerprint density at radius 3 is 1.08 bits per heavy atom. The Hall–Kier alpha value is -9.96. The standard InChI is InChI=1S/C52H64N4O4.C44H48N4O4/c1-5-9-13-17-25-33(26-18-14-10-6-2)55-49(57)43-39-35-29-21-23-31-37(35)54-48(39)46-42-41(43)45(51(55)59)47-40(36-30-22-24-32-38(36)53-47)44(42)50(58)56(52(46)60)34(27-19-15-11-7-3)28-20-16-12-8-4;1-5-9-11-17-25(7-3)23-47-41(49)35-31-27-19-13-15-21-29(27)46-40(31)38-34-33(35)37(43(47)51)39-32(28-20-14-16-22-30(28)45-39)36(34)42(50)48(44(38)52)24-26(8-4)18-12-10-6-2/h21-24,29-34,53,60H,5-20,25-28H2,1-4H3;13-16,19-22,25-26,45,52H,5-12,17-18,23-24H2,1-4H3. The van der Waals surface area contributed by atoms with Gasteiger partial charge in [-0.1, -0.05) is 282 Å². The molecule has 2 unspecified atom stereocenters. The van der Waals surface area contributed by atoms with Crippen LogP contribution in [0.2, 0.25) is 0 Å². The largest absolute Gasteiger partial charge is 0.494 e. The van der Waals surface area contributed by atoms with Crippen LogP contribution in [0.25, 0.3) is 152 Å². The van der Waals surface area contributed by atoms with Gasteiger partial charge in [-0.05, 0) is 74.6 Å². The molecule has 16 heteroatoms. The molecule has 16 aromatic rings. The maximum absolute atomic E-state index is 15.6. The number of rotatable bonds is 36. The zero-order valence-electron chi connectivity index (χ0n) is 67.2. The van der Waals surface area contributed by atoms with Crippen molar-refractivity contribution in [1.29, 1.82) is 0 Å². The van der Waals surface area contributed by atoms with E-state index in [4.69, 9.17) is 9.97 Å². The van der Waals surface area contributed by atoms with E-state index in [0.717, 1.165) is 225 Å². The zero-order chi connectivity index (χ0) is 78.2. The van der Waals surface area contributed by atoms with Gasteiger partial charge in [-0.25, -0.2) is 9.97 Å². The molecule has 8 aromatic carbocycles. The number of hydrogen-bond donors (Lipinski definition) is 4. The Morgan fingerprint density at radius 1 is 0.304 bits per heavy atom. The smallest absolute Gasteiger partial charge is 0.263 e. The summed E-state index contributed by atoms with van der Waals surface area (Å²) in [6, 6.07) is 30.8. The second kappa shape index (κ2) is 33.4. The van der Waals surface area contributed by atoms with Crippen LogP contribution in [0.1, 0.15) is 260 Å². The third-order valence-electron chi connectivity index (χ3n) is 25.5. The molecule has 16 nitrogen and oxygen atoms in total.